The molecule has 2 aliphatic rings. The van der Waals surface area contributed by atoms with Crippen LogP contribution in [-0.4, -0.2) is 63.2 Å². The number of carbonyl (C=O) groups excluding carboxylic acids is 2. The van der Waals surface area contributed by atoms with E-state index in [0.717, 1.165) is 5.69 Å². The molecule has 1 unspecified atom stereocenters. The van der Waals surface area contributed by atoms with Gasteiger partial charge in [-0.2, -0.15) is 0 Å². The molecule has 0 saturated carbocycles. The van der Waals surface area contributed by atoms with Gasteiger partial charge < -0.3 is 19.9 Å². The third-order valence-electron chi connectivity index (χ3n) is 5.96. The summed E-state index contributed by atoms with van der Waals surface area (Å²) >= 11 is 0. The molecule has 1 fully saturated rings. The number of piperazine rings is 1. The SMILES string of the molecule is Cc1cc2c(cc1S(=O)(=O)C(C)CC(=O)N1CCN(c3ccccc3)CC1)OCC(=O)N2. The van der Waals surface area contributed by atoms with E-state index in [1.807, 2.05) is 30.3 Å². The topological polar surface area (TPSA) is 96.0 Å². The fourth-order valence-electron chi connectivity index (χ4n) is 4.08. The van der Waals surface area contributed by atoms with Crippen LogP contribution in [0.25, 0.3) is 0 Å². The van der Waals surface area contributed by atoms with Crippen LogP contribution in [0.1, 0.15) is 18.9 Å². The zero-order valence-corrected chi connectivity index (χ0v) is 19.0. The Morgan fingerprint density at radius 3 is 2.50 bits per heavy atom. The van der Waals surface area contributed by atoms with E-state index in [1.165, 1.54) is 6.07 Å². The predicted octanol–water partition coefficient (Wildman–Crippen LogP) is 2.23. The Kier molecular flexibility index (Phi) is 6.10. The second-order valence-electron chi connectivity index (χ2n) is 8.21. The van der Waals surface area contributed by atoms with Crippen molar-refractivity contribution in [1.82, 2.24) is 4.90 Å². The Balaban J connectivity index is 1.42. The molecule has 2 aromatic rings. The van der Waals surface area contributed by atoms with Crippen LogP contribution in [0.2, 0.25) is 0 Å². The van der Waals surface area contributed by atoms with E-state index < -0.39 is 15.1 Å². The molecule has 2 heterocycles. The fourth-order valence-corrected chi connectivity index (χ4v) is 5.65. The molecule has 2 amide bonds. The number of benzene rings is 2. The maximum Gasteiger partial charge on any atom is 0.262 e. The second kappa shape index (κ2) is 8.82. The third kappa shape index (κ3) is 4.43. The number of carbonyl (C=O) groups is 2. The van der Waals surface area contributed by atoms with Gasteiger partial charge in [-0.05, 0) is 37.6 Å². The van der Waals surface area contributed by atoms with Gasteiger partial charge in [-0.3, -0.25) is 9.59 Å². The van der Waals surface area contributed by atoms with Gasteiger partial charge in [0, 0.05) is 44.4 Å². The minimum Gasteiger partial charge on any atom is -0.482 e. The fraction of sp³-hybridized carbons (Fsp3) is 0.391. The van der Waals surface area contributed by atoms with Gasteiger partial charge >= 0.3 is 0 Å². The maximum atomic E-state index is 13.2. The highest BCUT2D eigenvalue weighted by atomic mass is 32.2. The summed E-state index contributed by atoms with van der Waals surface area (Å²) in [6, 6.07) is 13.1. The van der Waals surface area contributed by atoms with Crippen LogP contribution in [-0.2, 0) is 19.4 Å². The van der Waals surface area contributed by atoms with Gasteiger partial charge in [-0.1, -0.05) is 18.2 Å². The number of aryl methyl sites for hydroxylation is 1. The van der Waals surface area contributed by atoms with E-state index in [0.29, 0.717) is 43.2 Å². The highest BCUT2D eigenvalue weighted by molar-refractivity contribution is 7.92. The van der Waals surface area contributed by atoms with Crippen LogP contribution < -0.4 is 15.0 Å². The lowest BCUT2D eigenvalue weighted by Gasteiger charge is -2.36. The Morgan fingerprint density at radius 1 is 1.12 bits per heavy atom. The van der Waals surface area contributed by atoms with Gasteiger partial charge in [0.2, 0.25) is 5.91 Å². The minimum atomic E-state index is -3.75. The number of ether oxygens (including phenoxy) is 1. The molecule has 0 radical (unpaired) electrons. The van der Waals surface area contributed by atoms with E-state index in [9.17, 15) is 18.0 Å². The average molecular weight is 458 g/mol. The lowest BCUT2D eigenvalue weighted by Crippen LogP contribution is -2.49. The number of nitrogens with zero attached hydrogens (tertiary/aromatic N) is 2. The molecule has 8 nitrogen and oxygen atoms in total. The summed E-state index contributed by atoms with van der Waals surface area (Å²) in [7, 11) is -3.75. The predicted molar refractivity (Wildman–Crippen MR) is 122 cm³/mol. The van der Waals surface area contributed by atoms with E-state index in [1.54, 1.807) is 24.8 Å². The first-order chi connectivity index (χ1) is 15.3. The van der Waals surface area contributed by atoms with Crippen molar-refractivity contribution in [3.63, 3.8) is 0 Å². The Bertz CT molecular complexity index is 1130. The van der Waals surface area contributed by atoms with E-state index >= 15 is 0 Å². The number of nitrogens with one attached hydrogen (secondary N) is 1. The molecule has 9 heteroatoms. The molecular formula is C23H27N3O5S. The first-order valence-corrected chi connectivity index (χ1v) is 12.2. The molecule has 1 atom stereocenters. The summed E-state index contributed by atoms with van der Waals surface area (Å²) in [6.07, 6.45) is -0.0816. The molecule has 0 aromatic heterocycles. The van der Waals surface area contributed by atoms with Crippen molar-refractivity contribution in [3.8, 4) is 5.75 Å². The number of fused-ring (bicyclic) bond motifs is 1. The van der Waals surface area contributed by atoms with Crippen molar-refractivity contribution in [2.45, 2.75) is 30.4 Å². The zero-order valence-electron chi connectivity index (χ0n) is 18.2. The van der Waals surface area contributed by atoms with Crippen LogP contribution in [0.15, 0.2) is 47.4 Å². The standard InChI is InChI=1S/C23H27N3O5S/c1-16-12-19-20(31-15-22(27)24-19)14-21(16)32(29,30)17(2)13-23(28)26-10-8-25(9-11-26)18-6-4-3-5-7-18/h3-7,12,14,17H,8-11,13,15H2,1-2H3,(H,24,27). The zero-order chi connectivity index (χ0) is 22.9. The van der Waals surface area contributed by atoms with Crippen LogP contribution in [0.3, 0.4) is 0 Å². The molecule has 32 heavy (non-hydrogen) atoms. The molecule has 170 valence electrons. The molecule has 2 aliphatic heterocycles. The number of hydrogen-bond donors (Lipinski definition) is 1. The third-order valence-corrected chi connectivity index (χ3v) is 8.24. The lowest BCUT2D eigenvalue weighted by atomic mass is 10.2. The van der Waals surface area contributed by atoms with Crippen molar-refractivity contribution in [2.24, 2.45) is 0 Å². The summed E-state index contributed by atoms with van der Waals surface area (Å²) in [5, 5.41) is 1.80. The van der Waals surface area contributed by atoms with Crippen LogP contribution in [0.4, 0.5) is 11.4 Å². The number of rotatable bonds is 5. The van der Waals surface area contributed by atoms with E-state index in [2.05, 4.69) is 10.2 Å². The number of para-hydroxylation sites is 1. The van der Waals surface area contributed by atoms with Crippen molar-refractivity contribution in [1.29, 1.82) is 0 Å². The molecule has 1 N–H and O–H groups in total. The van der Waals surface area contributed by atoms with Gasteiger partial charge in [0.25, 0.3) is 5.91 Å². The number of hydrogen-bond acceptors (Lipinski definition) is 6. The van der Waals surface area contributed by atoms with Crippen molar-refractivity contribution < 1.29 is 22.7 Å². The monoisotopic (exact) mass is 457 g/mol. The Labute approximate surface area is 188 Å². The van der Waals surface area contributed by atoms with E-state index in [-0.39, 0.29) is 29.7 Å². The minimum absolute atomic E-state index is 0.0816. The maximum absolute atomic E-state index is 13.2. The van der Waals surface area contributed by atoms with Crippen LogP contribution in [0, 0.1) is 6.92 Å². The second-order valence-corrected chi connectivity index (χ2v) is 10.5. The largest absolute Gasteiger partial charge is 0.482 e. The first kappa shape index (κ1) is 22.1. The summed E-state index contributed by atoms with van der Waals surface area (Å²) < 4.78 is 31.8. The highest BCUT2D eigenvalue weighted by Crippen LogP contribution is 2.34. The molecule has 1 saturated heterocycles. The quantitative estimate of drug-likeness (QED) is 0.740. The molecule has 0 spiro atoms. The highest BCUT2D eigenvalue weighted by Gasteiger charge is 2.31. The number of amides is 2. The lowest BCUT2D eigenvalue weighted by molar-refractivity contribution is -0.131. The summed E-state index contributed by atoms with van der Waals surface area (Å²) in [5.41, 5.74) is 2.08. The van der Waals surface area contributed by atoms with Gasteiger partial charge in [0.15, 0.2) is 16.4 Å². The molecular weight excluding hydrogens is 430 g/mol. The summed E-state index contributed by atoms with van der Waals surface area (Å²) in [6.45, 7) is 5.63. The molecule has 0 aliphatic carbocycles. The molecule has 2 aromatic carbocycles. The molecule has 0 bridgehead atoms. The van der Waals surface area contributed by atoms with Crippen LogP contribution >= 0.6 is 0 Å². The molecule has 4 rings (SSSR count). The summed E-state index contributed by atoms with van der Waals surface area (Å²) in [5.74, 6) is -0.115. The van der Waals surface area contributed by atoms with E-state index in [4.69, 9.17) is 4.74 Å². The number of sulfone groups is 1. The first-order valence-electron chi connectivity index (χ1n) is 10.6. The number of anilines is 2. The van der Waals surface area contributed by atoms with Crippen molar-refractivity contribution in [2.75, 3.05) is 43.0 Å². The average Bonchev–Trinajstić information content (AvgIpc) is 2.79. The Hall–Kier alpha value is -3.07. The Morgan fingerprint density at radius 2 is 1.81 bits per heavy atom. The van der Waals surface area contributed by atoms with Gasteiger partial charge in [-0.25, -0.2) is 8.42 Å². The van der Waals surface area contributed by atoms with Crippen molar-refractivity contribution in [3.05, 3.63) is 48.0 Å². The van der Waals surface area contributed by atoms with Gasteiger partial charge in [0.1, 0.15) is 5.75 Å². The normalized spacial score (nSPS) is 17.2. The smallest absolute Gasteiger partial charge is 0.262 e. The van der Waals surface area contributed by atoms with Crippen molar-refractivity contribution >= 4 is 33.0 Å². The van der Waals surface area contributed by atoms with Gasteiger partial charge in [-0.15, -0.1) is 0 Å². The van der Waals surface area contributed by atoms with Gasteiger partial charge in [0.05, 0.1) is 15.8 Å². The van der Waals surface area contributed by atoms with Crippen LogP contribution in [0.5, 0.6) is 5.75 Å². The summed E-state index contributed by atoms with van der Waals surface area (Å²) in [4.78, 5) is 28.4.